The van der Waals surface area contributed by atoms with Crippen LogP contribution in [0.15, 0.2) is 12.1 Å². The van der Waals surface area contributed by atoms with E-state index in [9.17, 15) is 8.78 Å². The van der Waals surface area contributed by atoms with Gasteiger partial charge in [-0.2, -0.15) is 0 Å². The van der Waals surface area contributed by atoms with Gasteiger partial charge in [-0.1, -0.05) is 11.6 Å². The molecule has 0 amide bonds. The van der Waals surface area contributed by atoms with Gasteiger partial charge in [0.05, 0.1) is 25.8 Å². The summed E-state index contributed by atoms with van der Waals surface area (Å²) in [5, 5.41) is 3.00. The van der Waals surface area contributed by atoms with E-state index >= 15 is 0 Å². The van der Waals surface area contributed by atoms with E-state index in [4.69, 9.17) is 21.1 Å². The zero-order valence-electron chi connectivity index (χ0n) is 9.60. The molecule has 0 spiro atoms. The summed E-state index contributed by atoms with van der Waals surface area (Å²) in [6.45, 7) is -0.0591. The average molecular weight is 266 g/mol. The maximum Gasteiger partial charge on any atom is 0.250 e. The van der Waals surface area contributed by atoms with Gasteiger partial charge in [-0.15, -0.1) is 0 Å². The molecule has 96 valence electrons. The number of methoxy groups -OCH3 is 2. The number of hydrogen-bond donors (Lipinski definition) is 1. The monoisotopic (exact) mass is 265 g/mol. The third kappa shape index (κ3) is 4.02. The van der Waals surface area contributed by atoms with Gasteiger partial charge in [0.15, 0.2) is 11.5 Å². The summed E-state index contributed by atoms with van der Waals surface area (Å²) in [4.78, 5) is 0. The zero-order valence-corrected chi connectivity index (χ0v) is 10.4. The lowest BCUT2D eigenvalue weighted by atomic mass is 10.2. The summed E-state index contributed by atoms with van der Waals surface area (Å²) in [6, 6.07) is 3.35. The Morgan fingerprint density at radius 3 is 2.53 bits per heavy atom. The molecule has 0 atom stereocenters. The lowest BCUT2D eigenvalue weighted by Gasteiger charge is -2.12. The van der Waals surface area contributed by atoms with E-state index in [1.807, 2.05) is 0 Å². The fourth-order valence-electron chi connectivity index (χ4n) is 1.40. The van der Waals surface area contributed by atoms with E-state index in [0.717, 1.165) is 5.56 Å². The molecule has 0 aromatic heterocycles. The van der Waals surface area contributed by atoms with Gasteiger partial charge in [0, 0.05) is 6.54 Å². The highest BCUT2D eigenvalue weighted by molar-refractivity contribution is 6.32. The van der Waals surface area contributed by atoms with Crippen LogP contribution in [0.2, 0.25) is 5.02 Å². The molecule has 1 N–H and O–H groups in total. The molecule has 0 heterocycles. The first-order valence-corrected chi connectivity index (χ1v) is 5.35. The lowest BCUT2D eigenvalue weighted by molar-refractivity contribution is 0.145. The largest absolute Gasteiger partial charge is 0.493 e. The van der Waals surface area contributed by atoms with Crippen LogP contribution in [0.3, 0.4) is 0 Å². The van der Waals surface area contributed by atoms with E-state index < -0.39 is 6.43 Å². The number of rotatable bonds is 6. The van der Waals surface area contributed by atoms with Crippen LogP contribution >= 0.6 is 11.6 Å². The van der Waals surface area contributed by atoms with Gasteiger partial charge < -0.3 is 14.8 Å². The van der Waals surface area contributed by atoms with E-state index in [0.29, 0.717) is 23.1 Å². The van der Waals surface area contributed by atoms with Crippen molar-refractivity contribution < 1.29 is 18.3 Å². The number of alkyl halides is 2. The molecule has 0 saturated carbocycles. The highest BCUT2D eigenvalue weighted by atomic mass is 35.5. The zero-order chi connectivity index (χ0) is 12.8. The molecule has 0 saturated heterocycles. The quantitative estimate of drug-likeness (QED) is 0.858. The van der Waals surface area contributed by atoms with Crippen molar-refractivity contribution in [2.75, 3.05) is 20.8 Å². The second-order valence-electron chi connectivity index (χ2n) is 3.34. The minimum atomic E-state index is -2.37. The van der Waals surface area contributed by atoms with Crippen molar-refractivity contribution in [2.45, 2.75) is 13.0 Å². The topological polar surface area (TPSA) is 30.5 Å². The first-order valence-electron chi connectivity index (χ1n) is 4.97. The highest BCUT2D eigenvalue weighted by Crippen LogP contribution is 2.35. The second-order valence-corrected chi connectivity index (χ2v) is 3.74. The molecule has 1 aromatic carbocycles. The van der Waals surface area contributed by atoms with Crippen LogP contribution in [0.4, 0.5) is 8.78 Å². The van der Waals surface area contributed by atoms with Gasteiger partial charge in [-0.3, -0.25) is 0 Å². The molecule has 0 unspecified atom stereocenters. The van der Waals surface area contributed by atoms with Crippen molar-refractivity contribution in [2.24, 2.45) is 0 Å². The molecule has 0 aliphatic rings. The summed E-state index contributed by atoms with van der Waals surface area (Å²) in [6.07, 6.45) is -2.37. The third-order valence-electron chi connectivity index (χ3n) is 2.12. The Hall–Kier alpha value is -1.07. The molecule has 0 fully saturated rings. The van der Waals surface area contributed by atoms with Crippen LogP contribution in [0.25, 0.3) is 0 Å². The number of halogens is 3. The molecule has 0 bridgehead atoms. The minimum Gasteiger partial charge on any atom is -0.493 e. The molecule has 1 aromatic rings. The predicted molar refractivity (Wildman–Crippen MR) is 62.3 cm³/mol. The van der Waals surface area contributed by atoms with Gasteiger partial charge in [-0.25, -0.2) is 8.78 Å². The molecule has 0 aliphatic heterocycles. The number of nitrogens with one attached hydrogen (secondary N) is 1. The van der Waals surface area contributed by atoms with Crippen molar-refractivity contribution in [1.82, 2.24) is 5.32 Å². The van der Waals surface area contributed by atoms with E-state index in [1.165, 1.54) is 14.2 Å². The lowest BCUT2D eigenvalue weighted by Crippen LogP contribution is -2.20. The molecular formula is C11H14ClF2NO2. The third-order valence-corrected chi connectivity index (χ3v) is 2.40. The van der Waals surface area contributed by atoms with Crippen LogP contribution in [-0.4, -0.2) is 27.2 Å². The summed E-state index contributed by atoms with van der Waals surface area (Å²) < 4.78 is 34.1. The Balaban J connectivity index is 2.77. The van der Waals surface area contributed by atoms with E-state index in [-0.39, 0.29) is 6.54 Å². The first-order chi connectivity index (χ1) is 8.08. The van der Waals surface area contributed by atoms with E-state index in [1.54, 1.807) is 12.1 Å². The fraction of sp³-hybridized carbons (Fsp3) is 0.455. The van der Waals surface area contributed by atoms with Gasteiger partial charge in [-0.05, 0) is 17.7 Å². The molecular weight excluding hydrogens is 252 g/mol. The van der Waals surface area contributed by atoms with Crippen LogP contribution in [0, 0.1) is 0 Å². The van der Waals surface area contributed by atoms with Crippen molar-refractivity contribution >= 4 is 11.6 Å². The summed E-state index contributed by atoms with van der Waals surface area (Å²) in [5.41, 5.74) is 0.758. The van der Waals surface area contributed by atoms with Gasteiger partial charge in [0.2, 0.25) is 0 Å². The molecule has 0 radical (unpaired) electrons. The molecule has 17 heavy (non-hydrogen) atoms. The number of benzene rings is 1. The van der Waals surface area contributed by atoms with Gasteiger partial charge in [0.1, 0.15) is 0 Å². The van der Waals surface area contributed by atoms with Crippen LogP contribution < -0.4 is 14.8 Å². The van der Waals surface area contributed by atoms with Crippen molar-refractivity contribution in [3.63, 3.8) is 0 Å². The highest BCUT2D eigenvalue weighted by Gasteiger charge is 2.11. The van der Waals surface area contributed by atoms with E-state index in [2.05, 4.69) is 5.32 Å². The standard InChI is InChI=1S/C11H14ClF2NO2/c1-16-9-4-7(5-15-6-10(13)14)3-8(12)11(9)17-2/h3-4,10,15H,5-6H2,1-2H3. The molecule has 0 aliphatic carbocycles. The minimum absolute atomic E-state index is 0.296. The average Bonchev–Trinajstić information content (AvgIpc) is 2.27. The Morgan fingerprint density at radius 2 is 2.00 bits per heavy atom. The van der Waals surface area contributed by atoms with Crippen LogP contribution in [0.5, 0.6) is 11.5 Å². The van der Waals surface area contributed by atoms with Gasteiger partial charge >= 0.3 is 0 Å². The summed E-state index contributed by atoms with van der Waals surface area (Å²) in [5.74, 6) is 0.917. The summed E-state index contributed by atoms with van der Waals surface area (Å²) >= 11 is 5.97. The van der Waals surface area contributed by atoms with Crippen LogP contribution in [-0.2, 0) is 6.54 Å². The van der Waals surface area contributed by atoms with Crippen molar-refractivity contribution in [3.8, 4) is 11.5 Å². The Labute approximate surface area is 104 Å². The maximum absolute atomic E-state index is 11.9. The van der Waals surface area contributed by atoms with Gasteiger partial charge in [0.25, 0.3) is 6.43 Å². The normalized spacial score (nSPS) is 10.7. The maximum atomic E-state index is 11.9. The Bertz CT molecular complexity index is 375. The first kappa shape index (κ1) is 14.0. The molecule has 6 heteroatoms. The van der Waals surface area contributed by atoms with Crippen LogP contribution in [0.1, 0.15) is 5.56 Å². The van der Waals surface area contributed by atoms with Crippen molar-refractivity contribution in [1.29, 1.82) is 0 Å². The molecule has 3 nitrogen and oxygen atoms in total. The second kappa shape index (κ2) is 6.61. The fourth-order valence-corrected chi connectivity index (χ4v) is 1.71. The number of hydrogen-bond acceptors (Lipinski definition) is 3. The smallest absolute Gasteiger partial charge is 0.250 e. The SMILES string of the molecule is COc1cc(CNCC(F)F)cc(Cl)c1OC. The van der Waals surface area contributed by atoms with Crippen molar-refractivity contribution in [3.05, 3.63) is 22.7 Å². The Kier molecular flexibility index (Phi) is 5.44. The summed E-state index contributed by atoms with van der Waals surface area (Å²) in [7, 11) is 2.98. The Morgan fingerprint density at radius 1 is 1.29 bits per heavy atom. The number of ether oxygens (including phenoxy) is 2. The predicted octanol–water partition coefficient (Wildman–Crippen LogP) is 2.71. The molecule has 1 rings (SSSR count).